The van der Waals surface area contributed by atoms with Crippen LogP contribution in [0.3, 0.4) is 0 Å². The fraction of sp³-hybridized carbons (Fsp3) is 0.571. The highest BCUT2D eigenvalue weighted by molar-refractivity contribution is 7.42. The maximum absolute atomic E-state index is 6.40. The third-order valence-electron chi connectivity index (χ3n) is 6.16. The van der Waals surface area contributed by atoms with E-state index in [-0.39, 0.29) is 6.10 Å². The summed E-state index contributed by atoms with van der Waals surface area (Å²) in [7, 11) is -1.48. The lowest BCUT2D eigenvalue weighted by atomic mass is 9.98. The Kier molecular flexibility index (Phi) is 12.0. The minimum atomic E-state index is -1.48. The van der Waals surface area contributed by atoms with Gasteiger partial charge < -0.3 is 9.05 Å². The lowest BCUT2D eigenvalue weighted by Gasteiger charge is -2.26. The SMILES string of the molecule is CCCCCCCCCCc1ccccc1OP(Oc1ccccc1)OC1CCCCC1. The topological polar surface area (TPSA) is 27.7 Å². The second-order valence-corrected chi connectivity index (χ2v) is 9.94. The van der Waals surface area contributed by atoms with Crippen LogP contribution in [-0.4, -0.2) is 6.10 Å². The van der Waals surface area contributed by atoms with Gasteiger partial charge in [0, 0.05) is 0 Å². The number of aryl methyl sites for hydroxylation is 1. The van der Waals surface area contributed by atoms with Crippen molar-refractivity contribution in [1.29, 1.82) is 0 Å². The van der Waals surface area contributed by atoms with Crippen molar-refractivity contribution in [3.63, 3.8) is 0 Å². The molecule has 4 heteroatoms. The Morgan fingerprint density at radius 2 is 1.38 bits per heavy atom. The highest BCUT2D eigenvalue weighted by atomic mass is 31.2. The monoisotopic (exact) mass is 456 g/mol. The van der Waals surface area contributed by atoms with Gasteiger partial charge in [-0.25, -0.2) is 0 Å². The van der Waals surface area contributed by atoms with E-state index < -0.39 is 8.60 Å². The Bertz CT molecular complexity index is 730. The molecule has 0 saturated heterocycles. The molecule has 1 saturated carbocycles. The van der Waals surface area contributed by atoms with Crippen molar-refractivity contribution < 1.29 is 13.6 Å². The van der Waals surface area contributed by atoms with Crippen molar-refractivity contribution in [3.05, 3.63) is 60.2 Å². The van der Waals surface area contributed by atoms with Gasteiger partial charge in [0.15, 0.2) is 0 Å². The van der Waals surface area contributed by atoms with Gasteiger partial charge in [0.1, 0.15) is 11.5 Å². The molecule has 0 heterocycles. The molecule has 2 aromatic carbocycles. The molecule has 0 aliphatic heterocycles. The molecule has 1 unspecified atom stereocenters. The average molecular weight is 457 g/mol. The Morgan fingerprint density at radius 1 is 0.719 bits per heavy atom. The molecule has 0 aromatic heterocycles. The summed E-state index contributed by atoms with van der Waals surface area (Å²) < 4.78 is 18.9. The van der Waals surface area contributed by atoms with Gasteiger partial charge in [-0.05, 0) is 49.4 Å². The first-order valence-corrected chi connectivity index (χ1v) is 13.9. The molecule has 0 spiro atoms. The van der Waals surface area contributed by atoms with Crippen molar-refractivity contribution in [1.82, 2.24) is 0 Å². The molecular formula is C28H41O3P. The van der Waals surface area contributed by atoms with Crippen molar-refractivity contribution in [3.8, 4) is 11.5 Å². The van der Waals surface area contributed by atoms with Crippen molar-refractivity contribution >= 4 is 8.60 Å². The Morgan fingerprint density at radius 3 is 2.12 bits per heavy atom. The van der Waals surface area contributed by atoms with E-state index in [1.165, 1.54) is 76.2 Å². The second kappa shape index (κ2) is 15.3. The van der Waals surface area contributed by atoms with Crippen LogP contribution in [0.2, 0.25) is 0 Å². The van der Waals surface area contributed by atoms with Crippen LogP contribution >= 0.6 is 8.60 Å². The number of hydrogen-bond acceptors (Lipinski definition) is 3. The summed E-state index contributed by atoms with van der Waals surface area (Å²) in [4.78, 5) is 0. The molecule has 0 N–H and O–H groups in total. The zero-order chi connectivity index (χ0) is 22.3. The molecule has 0 radical (unpaired) electrons. The van der Waals surface area contributed by atoms with E-state index in [1.807, 2.05) is 36.4 Å². The van der Waals surface area contributed by atoms with Crippen LogP contribution in [0.1, 0.15) is 96.0 Å². The van der Waals surface area contributed by atoms with Gasteiger partial charge in [-0.2, -0.15) is 0 Å². The van der Waals surface area contributed by atoms with Gasteiger partial charge >= 0.3 is 8.60 Å². The maximum Gasteiger partial charge on any atom is 0.463 e. The number of para-hydroxylation sites is 2. The molecule has 176 valence electrons. The number of benzene rings is 2. The zero-order valence-electron chi connectivity index (χ0n) is 19.8. The first kappa shape index (κ1) is 25.1. The fourth-order valence-electron chi connectivity index (χ4n) is 4.25. The molecule has 0 amide bonds. The van der Waals surface area contributed by atoms with Gasteiger partial charge in [-0.3, -0.25) is 4.52 Å². The summed E-state index contributed by atoms with van der Waals surface area (Å²) in [6, 6.07) is 18.3. The number of hydrogen-bond donors (Lipinski definition) is 0. The number of rotatable bonds is 15. The quantitative estimate of drug-likeness (QED) is 0.197. The minimum absolute atomic E-state index is 0.235. The van der Waals surface area contributed by atoms with E-state index >= 15 is 0 Å². The standard InChI is InChI=1S/C28H41O3P/c1-2-3-4-5-6-7-8-11-18-25-19-16-17-24-28(25)31-32(29-26-20-12-9-13-21-26)30-27-22-14-10-15-23-27/h9,12-13,16-17,19-21,24,27H,2-8,10-11,14-15,18,22-23H2,1H3. The molecule has 1 fully saturated rings. The predicted molar refractivity (Wildman–Crippen MR) is 135 cm³/mol. The smallest absolute Gasteiger partial charge is 0.418 e. The molecular weight excluding hydrogens is 415 g/mol. The van der Waals surface area contributed by atoms with Crippen LogP contribution in [-0.2, 0) is 10.9 Å². The van der Waals surface area contributed by atoms with Gasteiger partial charge in [0.25, 0.3) is 0 Å². The lowest BCUT2D eigenvalue weighted by Crippen LogP contribution is -2.16. The molecule has 32 heavy (non-hydrogen) atoms. The summed E-state index contributed by atoms with van der Waals surface area (Å²) in [5, 5.41) is 0. The minimum Gasteiger partial charge on any atom is -0.418 e. The van der Waals surface area contributed by atoms with Crippen molar-refractivity contribution in [2.45, 2.75) is 103 Å². The summed E-state index contributed by atoms with van der Waals surface area (Å²) in [5.74, 6) is 1.71. The molecule has 0 bridgehead atoms. The lowest BCUT2D eigenvalue weighted by molar-refractivity contribution is 0.138. The van der Waals surface area contributed by atoms with Gasteiger partial charge in [-0.1, -0.05) is 108 Å². The van der Waals surface area contributed by atoms with Crippen LogP contribution < -0.4 is 9.05 Å². The zero-order valence-corrected chi connectivity index (χ0v) is 20.7. The highest BCUT2D eigenvalue weighted by Crippen LogP contribution is 2.45. The van der Waals surface area contributed by atoms with Gasteiger partial charge in [0.2, 0.25) is 0 Å². The van der Waals surface area contributed by atoms with Crippen molar-refractivity contribution in [2.24, 2.45) is 0 Å². The molecule has 3 rings (SSSR count). The van der Waals surface area contributed by atoms with E-state index in [9.17, 15) is 0 Å². The van der Waals surface area contributed by atoms with E-state index in [1.54, 1.807) is 0 Å². The molecule has 1 aliphatic carbocycles. The first-order valence-electron chi connectivity index (χ1n) is 12.8. The predicted octanol–water partition coefficient (Wildman–Crippen LogP) is 9.40. The molecule has 1 atom stereocenters. The Labute approximate surface area is 196 Å². The van der Waals surface area contributed by atoms with E-state index in [4.69, 9.17) is 13.6 Å². The third-order valence-corrected chi connectivity index (χ3v) is 7.33. The Balaban J connectivity index is 1.54. The summed E-state index contributed by atoms with van der Waals surface area (Å²) in [5.41, 5.74) is 1.26. The largest absolute Gasteiger partial charge is 0.463 e. The summed E-state index contributed by atoms with van der Waals surface area (Å²) in [6.07, 6.45) is 17.9. The van der Waals surface area contributed by atoms with Crippen molar-refractivity contribution in [2.75, 3.05) is 0 Å². The van der Waals surface area contributed by atoms with Crippen LogP contribution in [0.25, 0.3) is 0 Å². The van der Waals surface area contributed by atoms with Gasteiger partial charge in [-0.15, -0.1) is 0 Å². The van der Waals surface area contributed by atoms with Crippen LogP contribution in [0.4, 0.5) is 0 Å². The normalized spacial score (nSPS) is 15.4. The fourth-order valence-corrected chi connectivity index (χ4v) is 5.46. The highest BCUT2D eigenvalue weighted by Gasteiger charge is 2.25. The van der Waals surface area contributed by atoms with E-state index in [2.05, 4.69) is 25.1 Å². The second-order valence-electron chi connectivity index (χ2n) is 8.92. The third kappa shape index (κ3) is 9.51. The summed E-state index contributed by atoms with van der Waals surface area (Å²) in [6.45, 7) is 2.27. The molecule has 2 aromatic rings. The summed E-state index contributed by atoms with van der Waals surface area (Å²) >= 11 is 0. The average Bonchev–Trinajstić information content (AvgIpc) is 2.83. The number of unbranched alkanes of at least 4 members (excludes halogenated alkanes) is 7. The van der Waals surface area contributed by atoms with Crippen LogP contribution in [0.15, 0.2) is 54.6 Å². The van der Waals surface area contributed by atoms with E-state index in [0.29, 0.717) is 0 Å². The Hall–Kier alpha value is -1.57. The molecule has 3 nitrogen and oxygen atoms in total. The van der Waals surface area contributed by atoms with Crippen LogP contribution in [0.5, 0.6) is 11.5 Å². The maximum atomic E-state index is 6.40. The molecule has 1 aliphatic rings. The first-order chi connectivity index (χ1) is 15.8. The van der Waals surface area contributed by atoms with Gasteiger partial charge in [0.05, 0.1) is 6.10 Å². The van der Waals surface area contributed by atoms with E-state index in [0.717, 1.165) is 30.8 Å². The van der Waals surface area contributed by atoms with Crippen LogP contribution in [0, 0.1) is 0 Å².